The Bertz CT molecular complexity index is 1990. The van der Waals surface area contributed by atoms with Crippen molar-refractivity contribution in [3.05, 3.63) is 132 Å². The summed E-state index contributed by atoms with van der Waals surface area (Å²) in [6, 6.07) is 44.8. The summed E-state index contributed by atoms with van der Waals surface area (Å²) in [7, 11) is 0. The standard InChI is InChI=1S/C40H30O/c1-6-24-40(25-7-1)34-15-4-2-11-33(34)38-29(12-9-16-35(38)40)27-20-18-26(19-21-27)28-22-23-37-39-31(28)13-8-14-32(39)30-10-3-5-17-36(30)41-37/h2-5,8-23H,1,6-7,24-25H2. The van der Waals surface area contributed by atoms with Crippen LogP contribution in [-0.2, 0) is 5.41 Å². The highest BCUT2D eigenvalue weighted by molar-refractivity contribution is 6.10. The van der Waals surface area contributed by atoms with Gasteiger partial charge in [0.05, 0.1) is 0 Å². The molecule has 1 spiro atoms. The topological polar surface area (TPSA) is 9.23 Å². The number of fused-ring (bicyclic) bond motifs is 7. The average molecular weight is 527 g/mol. The monoisotopic (exact) mass is 526 g/mol. The summed E-state index contributed by atoms with van der Waals surface area (Å²) >= 11 is 0. The molecule has 1 aliphatic heterocycles. The molecule has 0 atom stereocenters. The summed E-state index contributed by atoms with van der Waals surface area (Å²) in [4.78, 5) is 0. The molecule has 0 aromatic heterocycles. The fourth-order valence-electron chi connectivity index (χ4n) is 8.10. The van der Waals surface area contributed by atoms with Gasteiger partial charge in [0, 0.05) is 16.4 Å². The van der Waals surface area contributed by atoms with Crippen molar-refractivity contribution in [2.75, 3.05) is 0 Å². The maximum absolute atomic E-state index is 6.34. The van der Waals surface area contributed by atoms with Crippen LogP contribution in [0.15, 0.2) is 121 Å². The normalized spacial score (nSPS) is 15.7. The first-order valence-electron chi connectivity index (χ1n) is 15.0. The molecule has 0 unspecified atom stereocenters. The van der Waals surface area contributed by atoms with E-state index in [-0.39, 0.29) is 5.41 Å². The summed E-state index contributed by atoms with van der Waals surface area (Å²) in [6.07, 6.45) is 6.52. The molecule has 9 rings (SSSR count). The maximum atomic E-state index is 6.34. The molecule has 6 aromatic rings. The number of hydrogen-bond acceptors (Lipinski definition) is 1. The van der Waals surface area contributed by atoms with Crippen molar-refractivity contribution in [2.45, 2.75) is 37.5 Å². The Hall–Kier alpha value is -4.62. The van der Waals surface area contributed by atoms with Gasteiger partial charge in [-0.2, -0.15) is 0 Å². The first-order chi connectivity index (χ1) is 20.3. The van der Waals surface area contributed by atoms with E-state index in [9.17, 15) is 0 Å². The van der Waals surface area contributed by atoms with Crippen molar-refractivity contribution in [3.63, 3.8) is 0 Å². The van der Waals surface area contributed by atoms with E-state index in [1.165, 1.54) is 81.8 Å². The summed E-state index contributed by atoms with van der Waals surface area (Å²) in [5.74, 6) is 1.86. The Kier molecular flexibility index (Phi) is 4.90. The summed E-state index contributed by atoms with van der Waals surface area (Å²) in [5, 5.41) is 2.43. The molecular formula is C40H30O. The molecule has 0 N–H and O–H groups in total. The minimum Gasteiger partial charge on any atom is -0.456 e. The lowest BCUT2D eigenvalue weighted by Gasteiger charge is -2.36. The van der Waals surface area contributed by atoms with Crippen LogP contribution < -0.4 is 4.74 Å². The Morgan fingerprint density at radius 2 is 1.10 bits per heavy atom. The van der Waals surface area contributed by atoms with Crippen molar-refractivity contribution in [1.82, 2.24) is 0 Å². The predicted octanol–water partition coefficient (Wildman–Crippen LogP) is 11.2. The van der Waals surface area contributed by atoms with Crippen LogP contribution in [0.5, 0.6) is 11.5 Å². The van der Waals surface area contributed by atoms with Crippen molar-refractivity contribution < 1.29 is 4.74 Å². The predicted molar refractivity (Wildman–Crippen MR) is 170 cm³/mol. The quantitative estimate of drug-likeness (QED) is 0.218. The van der Waals surface area contributed by atoms with Crippen LogP contribution in [-0.4, -0.2) is 0 Å². The van der Waals surface area contributed by atoms with Gasteiger partial charge < -0.3 is 4.74 Å². The molecule has 0 radical (unpaired) electrons. The zero-order chi connectivity index (χ0) is 27.0. The molecular weight excluding hydrogens is 496 g/mol. The van der Waals surface area contributed by atoms with Crippen molar-refractivity contribution in [1.29, 1.82) is 0 Å². The van der Waals surface area contributed by atoms with Gasteiger partial charge in [0.25, 0.3) is 0 Å². The van der Waals surface area contributed by atoms with E-state index >= 15 is 0 Å². The van der Waals surface area contributed by atoms with Gasteiger partial charge in [0.1, 0.15) is 11.5 Å². The number of benzene rings is 6. The molecule has 1 heteroatoms. The molecule has 41 heavy (non-hydrogen) atoms. The molecule has 0 saturated heterocycles. The Morgan fingerprint density at radius 3 is 1.95 bits per heavy atom. The minimum atomic E-state index is 0.185. The van der Waals surface area contributed by atoms with E-state index < -0.39 is 0 Å². The van der Waals surface area contributed by atoms with Gasteiger partial charge in [-0.1, -0.05) is 128 Å². The molecule has 196 valence electrons. The first-order valence-corrected chi connectivity index (χ1v) is 15.0. The third-order valence-electron chi connectivity index (χ3n) is 9.91. The first kappa shape index (κ1) is 23.1. The summed E-state index contributed by atoms with van der Waals surface area (Å²) < 4.78 is 6.34. The van der Waals surface area contributed by atoms with E-state index in [1.54, 1.807) is 11.1 Å². The third-order valence-corrected chi connectivity index (χ3v) is 9.91. The Morgan fingerprint density at radius 1 is 0.439 bits per heavy atom. The highest BCUT2D eigenvalue weighted by Crippen LogP contribution is 2.58. The second kappa shape index (κ2) is 8.69. The van der Waals surface area contributed by atoms with Crippen LogP contribution in [0, 0.1) is 0 Å². The fraction of sp³-hybridized carbons (Fsp3) is 0.150. The van der Waals surface area contributed by atoms with Gasteiger partial charge in [-0.15, -0.1) is 0 Å². The van der Waals surface area contributed by atoms with Gasteiger partial charge in [-0.3, -0.25) is 0 Å². The molecule has 0 amide bonds. The summed E-state index contributed by atoms with van der Waals surface area (Å²) in [6.45, 7) is 0. The minimum absolute atomic E-state index is 0.185. The Balaban J connectivity index is 1.17. The van der Waals surface area contributed by atoms with Crippen LogP contribution >= 0.6 is 0 Å². The van der Waals surface area contributed by atoms with E-state index in [0.29, 0.717) is 0 Å². The largest absolute Gasteiger partial charge is 0.456 e. The van der Waals surface area contributed by atoms with E-state index in [2.05, 4.69) is 115 Å². The number of ether oxygens (including phenoxy) is 1. The molecule has 1 heterocycles. The lowest BCUT2D eigenvalue weighted by Crippen LogP contribution is -2.27. The molecule has 2 aliphatic carbocycles. The lowest BCUT2D eigenvalue weighted by molar-refractivity contribution is 0.353. The van der Waals surface area contributed by atoms with Gasteiger partial charge in [-0.05, 0) is 80.4 Å². The molecule has 1 nitrogen and oxygen atoms in total. The molecule has 3 aliphatic rings. The summed E-state index contributed by atoms with van der Waals surface area (Å²) in [5.41, 5.74) is 13.7. The van der Waals surface area contributed by atoms with Gasteiger partial charge in [-0.25, -0.2) is 0 Å². The number of hydrogen-bond donors (Lipinski definition) is 0. The highest BCUT2D eigenvalue weighted by atomic mass is 16.5. The average Bonchev–Trinajstić information content (AvgIpc) is 3.31. The zero-order valence-electron chi connectivity index (χ0n) is 23.0. The lowest BCUT2D eigenvalue weighted by atomic mass is 9.68. The SMILES string of the molecule is c1ccc2c(c1)Oc1ccc(-c3ccc(-c4cccc5c4-c4ccccc4C54CCCCC4)cc3)c3cccc-2c13. The second-order valence-corrected chi connectivity index (χ2v) is 11.9. The number of para-hydroxylation sites is 1. The Labute approximate surface area is 241 Å². The fourth-order valence-corrected chi connectivity index (χ4v) is 8.10. The second-order valence-electron chi connectivity index (χ2n) is 11.9. The zero-order valence-corrected chi connectivity index (χ0v) is 23.0. The van der Waals surface area contributed by atoms with Crippen LogP contribution in [0.2, 0.25) is 0 Å². The van der Waals surface area contributed by atoms with Crippen LogP contribution in [0.4, 0.5) is 0 Å². The van der Waals surface area contributed by atoms with Crippen LogP contribution in [0.1, 0.15) is 43.2 Å². The van der Waals surface area contributed by atoms with Crippen molar-refractivity contribution >= 4 is 10.8 Å². The van der Waals surface area contributed by atoms with E-state index in [1.807, 2.05) is 6.07 Å². The highest BCUT2D eigenvalue weighted by Gasteiger charge is 2.44. The van der Waals surface area contributed by atoms with Crippen molar-refractivity contribution in [2.24, 2.45) is 0 Å². The van der Waals surface area contributed by atoms with Crippen LogP contribution in [0.25, 0.3) is 55.3 Å². The third kappa shape index (κ3) is 3.24. The molecule has 6 aromatic carbocycles. The van der Waals surface area contributed by atoms with Gasteiger partial charge >= 0.3 is 0 Å². The van der Waals surface area contributed by atoms with Crippen LogP contribution in [0.3, 0.4) is 0 Å². The smallest absolute Gasteiger partial charge is 0.135 e. The van der Waals surface area contributed by atoms with E-state index in [0.717, 1.165) is 17.1 Å². The van der Waals surface area contributed by atoms with Gasteiger partial charge in [0.15, 0.2) is 0 Å². The van der Waals surface area contributed by atoms with Crippen molar-refractivity contribution in [3.8, 4) is 56.0 Å². The number of rotatable bonds is 2. The molecule has 0 bridgehead atoms. The van der Waals surface area contributed by atoms with E-state index in [4.69, 9.17) is 4.74 Å². The maximum Gasteiger partial charge on any atom is 0.135 e. The van der Waals surface area contributed by atoms with Gasteiger partial charge in [0.2, 0.25) is 0 Å². The molecule has 1 fully saturated rings. The molecule has 1 saturated carbocycles.